The fraction of sp³-hybridized carbons (Fsp3) is 0.588. The molecule has 22 heavy (non-hydrogen) atoms. The van der Waals surface area contributed by atoms with Crippen LogP contribution in [0.4, 0.5) is 4.79 Å². The van der Waals surface area contributed by atoms with E-state index in [1.807, 2.05) is 39.0 Å². The van der Waals surface area contributed by atoms with Crippen molar-refractivity contribution >= 4 is 6.09 Å². The molecule has 1 fully saturated rings. The van der Waals surface area contributed by atoms with Crippen LogP contribution in [0.3, 0.4) is 0 Å². The lowest BCUT2D eigenvalue weighted by Gasteiger charge is -2.37. The third-order valence-electron chi connectivity index (χ3n) is 3.70. The van der Waals surface area contributed by atoms with Crippen LogP contribution in [0.1, 0.15) is 32.8 Å². The summed E-state index contributed by atoms with van der Waals surface area (Å²) in [6.07, 6.45) is 0.474. The van der Waals surface area contributed by atoms with E-state index in [0.717, 1.165) is 26.1 Å². The number of nitrogens with two attached hydrogens (primary N) is 1. The molecule has 0 radical (unpaired) electrons. The zero-order valence-corrected chi connectivity index (χ0v) is 13.7. The quantitative estimate of drug-likeness (QED) is 0.897. The Bertz CT molecular complexity index is 484. The van der Waals surface area contributed by atoms with E-state index < -0.39 is 11.7 Å². The number of alkyl carbamates (subject to hydrolysis) is 1. The van der Waals surface area contributed by atoms with Crippen LogP contribution < -0.4 is 11.1 Å². The minimum atomic E-state index is -0.493. The highest BCUT2D eigenvalue weighted by molar-refractivity contribution is 5.68. The van der Waals surface area contributed by atoms with Crippen LogP contribution in [0.2, 0.25) is 0 Å². The number of likely N-dealkylation sites (tertiary alicyclic amines) is 1. The molecule has 0 spiro atoms. The lowest BCUT2D eigenvalue weighted by atomic mass is 9.99. The number of nitrogens with one attached hydrogen (secondary N) is 1. The normalized spacial score (nSPS) is 23.1. The summed E-state index contributed by atoms with van der Waals surface area (Å²) in [6.45, 7) is 8.14. The summed E-state index contributed by atoms with van der Waals surface area (Å²) in [7, 11) is 0. The molecule has 0 saturated carbocycles. The highest BCUT2D eigenvalue weighted by atomic mass is 16.6. The van der Waals surface area contributed by atoms with Crippen LogP contribution >= 0.6 is 0 Å². The van der Waals surface area contributed by atoms with Crippen LogP contribution in [0.15, 0.2) is 30.3 Å². The number of hydrogen-bond acceptors (Lipinski definition) is 4. The second-order valence-electron chi connectivity index (χ2n) is 6.93. The maximum absolute atomic E-state index is 11.9. The van der Waals surface area contributed by atoms with Crippen LogP contribution in [0.5, 0.6) is 0 Å². The molecule has 1 aliphatic heterocycles. The van der Waals surface area contributed by atoms with Gasteiger partial charge in [-0.15, -0.1) is 0 Å². The van der Waals surface area contributed by atoms with Crippen LogP contribution in [-0.2, 0) is 11.3 Å². The molecule has 1 aromatic carbocycles. The Hall–Kier alpha value is -1.59. The number of piperidine rings is 1. The molecule has 1 aliphatic rings. The smallest absolute Gasteiger partial charge is 0.407 e. The molecule has 3 N–H and O–H groups in total. The van der Waals surface area contributed by atoms with Crippen LogP contribution in [0, 0.1) is 0 Å². The van der Waals surface area contributed by atoms with Crippen molar-refractivity contribution in [3.05, 3.63) is 35.9 Å². The monoisotopic (exact) mass is 305 g/mol. The van der Waals surface area contributed by atoms with Gasteiger partial charge in [0.1, 0.15) is 5.60 Å². The number of carbonyl (C=O) groups is 1. The number of amides is 1. The van der Waals surface area contributed by atoms with Gasteiger partial charge in [0.2, 0.25) is 0 Å². The fourth-order valence-corrected chi connectivity index (χ4v) is 2.63. The Morgan fingerprint density at radius 3 is 2.68 bits per heavy atom. The van der Waals surface area contributed by atoms with Gasteiger partial charge in [0.05, 0.1) is 6.04 Å². The Kier molecular flexibility index (Phi) is 5.42. The summed E-state index contributed by atoms with van der Waals surface area (Å²) in [6, 6.07) is 10.2. The van der Waals surface area contributed by atoms with E-state index in [9.17, 15) is 4.79 Å². The Labute approximate surface area is 132 Å². The maximum Gasteiger partial charge on any atom is 0.407 e. The molecule has 1 amide bonds. The van der Waals surface area contributed by atoms with Gasteiger partial charge in [-0.3, -0.25) is 4.90 Å². The van der Waals surface area contributed by atoms with Crippen LogP contribution in [0.25, 0.3) is 0 Å². The van der Waals surface area contributed by atoms with Gasteiger partial charge in [0, 0.05) is 25.7 Å². The van der Waals surface area contributed by atoms with Gasteiger partial charge in [0.25, 0.3) is 0 Å². The van der Waals surface area contributed by atoms with E-state index in [1.165, 1.54) is 5.56 Å². The maximum atomic E-state index is 11.9. The third kappa shape index (κ3) is 5.31. The van der Waals surface area contributed by atoms with Crippen molar-refractivity contribution < 1.29 is 9.53 Å². The number of ether oxygens (including phenoxy) is 1. The zero-order valence-electron chi connectivity index (χ0n) is 13.7. The number of carbonyl (C=O) groups excluding carboxylic acids is 1. The first-order chi connectivity index (χ1) is 10.3. The Morgan fingerprint density at radius 1 is 1.36 bits per heavy atom. The summed E-state index contributed by atoms with van der Waals surface area (Å²) in [4.78, 5) is 14.3. The Balaban J connectivity index is 1.89. The average molecular weight is 305 g/mol. The first-order valence-electron chi connectivity index (χ1n) is 7.85. The largest absolute Gasteiger partial charge is 0.444 e. The molecule has 0 bridgehead atoms. The van der Waals surface area contributed by atoms with Gasteiger partial charge < -0.3 is 15.8 Å². The molecule has 1 saturated heterocycles. The highest BCUT2D eigenvalue weighted by Crippen LogP contribution is 2.14. The van der Waals surface area contributed by atoms with E-state index >= 15 is 0 Å². The van der Waals surface area contributed by atoms with E-state index in [4.69, 9.17) is 10.5 Å². The Morgan fingerprint density at radius 2 is 2.05 bits per heavy atom. The average Bonchev–Trinajstić information content (AvgIpc) is 2.41. The molecule has 5 heteroatoms. The predicted molar refractivity (Wildman–Crippen MR) is 87.5 cm³/mol. The number of benzene rings is 1. The van der Waals surface area contributed by atoms with E-state index in [-0.39, 0.29) is 12.1 Å². The molecule has 1 aromatic rings. The summed E-state index contributed by atoms with van der Waals surface area (Å²) in [5.74, 6) is 0. The molecule has 2 atom stereocenters. The molecular formula is C17H27N3O2. The minimum absolute atomic E-state index is 0.0282. The van der Waals surface area contributed by atoms with Gasteiger partial charge in [-0.1, -0.05) is 30.3 Å². The molecule has 0 aromatic heterocycles. The van der Waals surface area contributed by atoms with Crippen molar-refractivity contribution in [2.24, 2.45) is 5.73 Å². The fourth-order valence-electron chi connectivity index (χ4n) is 2.63. The van der Waals surface area contributed by atoms with E-state index in [2.05, 4.69) is 22.3 Å². The molecular weight excluding hydrogens is 278 g/mol. The third-order valence-corrected chi connectivity index (χ3v) is 3.70. The molecule has 1 heterocycles. The second-order valence-corrected chi connectivity index (χ2v) is 6.93. The molecule has 0 aliphatic carbocycles. The van der Waals surface area contributed by atoms with Crippen molar-refractivity contribution in [2.45, 2.75) is 51.4 Å². The van der Waals surface area contributed by atoms with Crippen molar-refractivity contribution in [3.8, 4) is 0 Å². The lowest BCUT2D eigenvalue weighted by molar-refractivity contribution is 0.0457. The van der Waals surface area contributed by atoms with Crippen molar-refractivity contribution in [2.75, 3.05) is 13.1 Å². The molecule has 2 rings (SSSR count). The van der Waals surface area contributed by atoms with Gasteiger partial charge >= 0.3 is 6.09 Å². The van der Waals surface area contributed by atoms with E-state index in [1.54, 1.807) is 0 Å². The number of rotatable bonds is 3. The van der Waals surface area contributed by atoms with Gasteiger partial charge in [-0.25, -0.2) is 4.79 Å². The van der Waals surface area contributed by atoms with Crippen molar-refractivity contribution in [1.82, 2.24) is 10.2 Å². The second kappa shape index (κ2) is 7.11. The molecule has 122 valence electrons. The van der Waals surface area contributed by atoms with Crippen LogP contribution in [-0.4, -0.2) is 41.8 Å². The van der Waals surface area contributed by atoms with E-state index in [0.29, 0.717) is 0 Å². The summed E-state index contributed by atoms with van der Waals surface area (Å²) < 4.78 is 5.32. The first kappa shape index (κ1) is 16.8. The SMILES string of the molecule is CC(C)(C)OC(=O)NC1CN(Cc2ccccc2)CCC1N. The summed E-state index contributed by atoms with van der Waals surface area (Å²) in [5, 5.41) is 2.91. The number of hydrogen-bond donors (Lipinski definition) is 2. The topological polar surface area (TPSA) is 67.6 Å². The minimum Gasteiger partial charge on any atom is -0.444 e. The van der Waals surface area contributed by atoms with Crippen molar-refractivity contribution in [1.29, 1.82) is 0 Å². The molecule has 5 nitrogen and oxygen atoms in total. The summed E-state index contributed by atoms with van der Waals surface area (Å²) in [5.41, 5.74) is 6.93. The summed E-state index contributed by atoms with van der Waals surface area (Å²) >= 11 is 0. The van der Waals surface area contributed by atoms with Gasteiger partial charge in [-0.05, 0) is 32.8 Å². The zero-order chi connectivity index (χ0) is 16.2. The number of nitrogens with zero attached hydrogens (tertiary/aromatic N) is 1. The van der Waals surface area contributed by atoms with Gasteiger partial charge in [-0.2, -0.15) is 0 Å². The standard InChI is InChI=1S/C17H27N3O2/c1-17(2,3)22-16(21)19-15-12-20(10-9-14(15)18)11-13-7-5-4-6-8-13/h4-8,14-15H,9-12,18H2,1-3H3,(H,19,21). The first-order valence-corrected chi connectivity index (χ1v) is 7.85. The molecule has 2 unspecified atom stereocenters. The van der Waals surface area contributed by atoms with Crippen molar-refractivity contribution in [3.63, 3.8) is 0 Å². The predicted octanol–water partition coefficient (Wildman–Crippen LogP) is 2.11. The van der Waals surface area contributed by atoms with Gasteiger partial charge in [0.15, 0.2) is 0 Å². The highest BCUT2D eigenvalue weighted by Gasteiger charge is 2.29. The lowest BCUT2D eigenvalue weighted by Crippen LogP contribution is -2.58.